The first kappa shape index (κ1) is 81.4. The number of nitrogens with one attached hydrogen (secondary N) is 5. The van der Waals surface area contributed by atoms with Gasteiger partial charge in [0, 0.05) is 40.4 Å². The highest BCUT2D eigenvalue weighted by atomic mass is 16.8. The summed E-state index contributed by atoms with van der Waals surface area (Å²) in [7, 11) is 1.21. The molecule has 1 aromatic rings. The van der Waals surface area contributed by atoms with Crippen molar-refractivity contribution in [2.24, 2.45) is 0 Å². The molecule has 1 aromatic carbocycles. The van der Waals surface area contributed by atoms with Gasteiger partial charge in [0.25, 0.3) is 5.91 Å². The molecule has 6 saturated heterocycles. The molecule has 564 valence electrons. The maximum atomic E-state index is 14.0. The molecule has 5 amide bonds. The SMILES string of the molecule is CCCCCC/C=C\CCCOc1cccc(C(=O)N[C@@H]2C(O[C@H]3C(O)C(NC(C)=O)C(OC4C(CO)O[C@@H](O[C@H]5C(O)C(NC(C)=O)[C@H](OC6C(CO[C@@H]7OC(C)C(O)[C@H](O)[C@H]7OC)O[C@@H](O)[C@@H](NC(C)=O)[C@H]6O)O[C@H]5CO)[C@@H](NC(C)=O)[C@H]4O)O[C@H]3CO)OC(CO)[C@@H](O)[C@@H]2O)c1. The summed E-state index contributed by atoms with van der Waals surface area (Å²) in [5, 5.41) is 158. The zero-order valence-electron chi connectivity index (χ0n) is 56.1. The molecule has 30 atom stereocenters. The van der Waals surface area contributed by atoms with E-state index < -0.39 is 246 Å². The molecule has 0 radical (unpaired) electrons. The van der Waals surface area contributed by atoms with Crippen LogP contribution in [-0.2, 0) is 76.0 Å². The van der Waals surface area contributed by atoms with Crippen LogP contribution in [0.25, 0.3) is 0 Å². The number of benzene rings is 1. The lowest BCUT2D eigenvalue weighted by Crippen LogP contribution is -2.72. The predicted molar refractivity (Wildman–Crippen MR) is 333 cm³/mol. The smallest absolute Gasteiger partial charge is 0.251 e. The maximum absolute atomic E-state index is 14.0. The van der Waals surface area contributed by atoms with E-state index in [2.05, 4.69) is 45.7 Å². The number of aliphatic hydroxyl groups is 13. The molecular weight excluding hydrogens is 1320 g/mol. The van der Waals surface area contributed by atoms with E-state index in [-0.39, 0.29) is 5.56 Å². The van der Waals surface area contributed by atoms with E-state index in [9.17, 15) is 90.4 Å². The number of methoxy groups -OCH3 is 1. The van der Waals surface area contributed by atoms with Gasteiger partial charge in [-0.2, -0.15) is 0 Å². The molecule has 0 aliphatic carbocycles. The number of carbonyl (C=O) groups excluding carboxylic acids is 5. The Morgan fingerprint density at radius 1 is 0.465 bits per heavy atom. The lowest BCUT2D eigenvalue weighted by atomic mass is 9.93. The Morgan fingerprint density at radius 3 is 1.35 bits per heavy atom. The number of allylic oxidation sites excluding steroid dienone is 2. The minimum Gasteiger partial charge on any atom is -0.494 e. The minimum absolute atomic E-state index is 0.0482. The van der Waals surface area contributed by atoms with Crippen LogP contribution >= 0.6 is 0 Å². The lowest BCUT2D eigenvalue weighted by molar-refractivity contribution is -0.368. The Kier molecular flexibility index (Phi) is 31.7. The molecule has 0 aromatic heterocycles. The van der Waals surface area contributed by atoms with Gasteiger partial charge < -0.3 is 155 Å². The lowest BCUT2D eigenvalue weighted by Gasteiger charge is -2.51. The van der Waals surface area contributed by atoms with Crippen LogP contribution in [0.15, 0.2) is 36.4 Å². The van der Waals surface area contributed by atoms with Crippen LogP contribution in [0.5, 0.6) is 5.75 Å². The molecule has 0 bridgehead atoms. The molecule has 7 rings (SSSR count). The first-order valence-corrected chi connectivity index (χ1v) is 33.2. The summed E-state index contributed by atoms with van der Waals surface area (Å²) in [4.78, 5) is 65.1. The molecule has 6 fully saturated rings. The van der Waals surface area contributed by atoms with E-state index in [4.69, 9.17) is 61.6 Å². The fourth-order valence-corrected chi connectivity index (χ4v) is 12.7. The number of hydrogen-bond acceptors (Lipinski definition) is 31. The molecule has 0 saturated carbocycles. The molecule has 36 heteroatoms. The topological polar surface area (TPSA) is 528 Å². The largest absolute Gasteiger partial charge is 0.494 e. The molecule has 6 aliphatic heterocycles. The fourth-order valence-electron chi connectivity index (χ4n) is 12.7. The van der Waals surface area contributed by atoms with E-state index >= 15 is 0 Å². The van der Waals surface area contributed by atoms with Crippen LogP contribution in [0, 0.1) is 0 Å². The Balaban J connectivity index is 1.07. The quantitative estimate of drug-likeness (QED) is 0.0235. The first-order chi connectivity index (χ1) is 47.2. The summed E-state index contributed by atoms with van der Waals surface area (Å²) in [6, 6.07) is -2.45. The third kappa shape index (κ3) is 20.9. The van der Waals surface area contributed by atoms with Crippen LogP contribution in [0.4, 0.5) is 0 Å². The fraction of sp³-hybridized carbons (Fsp3) is 0.794. The standard InChI is InChI=1S/C63H101N5O31/c1-8-9-10-11-12-13-14-15-16-20-88-33-19-17-18-32(21-33)57(85)68-40-46(79)45(78)34(22-69)92-59(40)96-52-35(23-70)93-60(41(48(52)81)65-29(4)74)97-53-36(24-71)94-61(42(49(53)82)66-30(5)75)98-54-37(25-72)95-62(43(50(54)83)67-31(6)76)99-55-38(91-58(86)39(47(55)80)64-28(3)73)26-89-63-56(87-7)51(84)44(77)27(2)90-63/h13-14,17-19,21,27,34-56,58-63,69-72,77-84,86H,8-12,15-16,20,22-26H2,1-7H3,(H,64,73)(H,65,74)(H,66,75)(H,67,76)(H,68,85)/b14-13-/t27?,34?,35-,36?,37-,38?,39-,40-,41?,42-,43?,44?,45+,46+,47+,48?,49+,50?,51-,52+,53?,54+,55?,56+,58+,59?,60?,61-,62-,63+/m0/s1. The Hall–Kier alpha value is -4.89. The maximum Gasteiger partial charge on any atom is 0.251 e. The van der Waals surface area contributed by atoms with Gasteiger partial charge in [0.15, 0.2) is 37.7 Å². The molecule has 36 nitrogen and oxygen atoms in total. The van der Waals surface area contributed by atoms with E-state index in [0.717, 1.165) is 53.4 Å². The summed E-state index contributed by atoms with van der Waals surface area (Å²) in [5.74, 6) is -3.67. The minimum atomic E-state index is -2.07. The molecule has 13 unspecified atom stereocenters. The van der Waals surface area contributed by atoms with Crippen molar-refractivity contribution >= 4 is 29.5 Å². The van der Waals surface area contributed by atoms with Gasteiger partial charge in [-0.15, -0.1) is 0 Å². The van der Waals surface area contributed by atoms with Gasteiger partial charge in [-0.1, -0.05) is 44.4 Å². The first-order valence-electron chi connectivity index (χ1n) is 33.2. The van der Waals surface area contributed by atoms with E-state index in [1.807, 2.05) is 0 Å². The second-order valence-corrected chi connectivity index (χ2v) is 25.3. The number of unbranched alkanes of at least 4 members (excludes halogenated alkanes) is 5. The number of carbonyl (C=O) groups is 5. The van der Waals surface area contributed by atoms with Crippen molar-refractivity contribution in [2.75, 3.05) is 46.8 Å². The van der Waals surface area contributed by atoms with Crippen LogP contribution in [0.2, 0.25) is 0 Å². The highest BCUT2D eigenvalue weighted by Crippen LogP contribution is 2.37. The second kappa shape index (κ2) is 38.6. The Bertz CT molecular complexity index is 2730. The zero-order chi connectivity index (χ0) is 72.5. The zero-order valence-corrected chi connectivity index (χ0v) is 56.1. The normalized spacial score (nSPS) is 39.6. The van der Waals surface area contributed by atoms with Crippen LogP contribution in [-0.4, -0.2) is 327 Å². The number of amides is 5. The van der Waals surface area contributed by atoms with Crippen LogP contribution < -0.4 is 31.3 Å². The summed E-state index contributed by atoms with van der Waals surface area (Å²) >= 11 is 0. The monoisotopic (exact) mass is 1420 g/mol. The van der Waals surface area contributed by atoms with Gasteiger partial charge in [-0.25, -0.2) is 0 Å². The van der Waals surface area contributed by atoms with Gasteiger partial charge in [-0.05, 0) is 50.8 Å². The average molecular weight is 1420 g/mol. The molecule has 18 N–H and O–H groups in total. The average Bonchev–Trinajstić information content (AvgIpc) is 0.771. The summed E-state index contributed by atoms with van der Waals surface area (Å²) in [6.07, 6.45) is -32.0. The van der Waals surface area contributed by atoms with E-state index in [1.165, 1.54) is 39.0 Å². The molecule has 0 spiro atoms. The van der Waals surface area contributed by atoms with Gasteiger partial charge in [-0.3, -0.25) is 24.0 Å². The Labute approximate surface area is 571 Å². The van der Waals surface area contributed by atoms with E-state index in [1.54, 1.807) is 12.1 Å². The van der Waals surface area contributed by atoms with Crippen molar-refractivity contribution in [1.82, 2.24) is 26.6 Å². The van der Waals surface area contributed by atoms with Crippen molar-refractivity contribution in [2.45, 2.75) is 270 Å². The van der Waals surface area contributed by atoms with Gasteiger partial charge in [0.05, 0.1) is 45.7 Å². The third-order valence-electron chi connectivity index (χ3n) is 17.8. The van der Waals surface area contributed by atoms with Gasteiger partial charge in [0.2, 0.25) is 23.6 Å². The second-order valence-electron chi connectivity index (χ2n) is 25.3. The molecular formula is C63H101N5O31. The number of ether oxygens (including phenoxy) is 13. The Morgan fingerprint density at radius 2 is 0.899 bits per heavy atom. The highest BCUT2D eigenvalue weighted by Gasteiger charge is 2.58. The number of rotatable bonds is 32. The van der Waals surface area contributed by atoms with Crippen LogP contribution in [0.1, 0.15) is 96.8 Å². The highest BCUT2D eigenvalue weighted by molar-refractivity contribution is 5.94. The number of hydrogen-bond donors (Lipinski definition) is 18. The van der Waals surface area contributed by atoms with E-state index in [0.29, 0.717) is 18.8 Å². The van der Waals surface area contributed by atoms with Gasteiger partial charge >= 0.3 is 0 Å². The predicted octanol–water partition coefficient (Wildman–Crippen LogP) is -6.72. The van der Waals surface area contributed by atoms with Crippen LogP contribution in [0.3, 0.4) is 0 Å². The summed E-state index contributed by atoms with van der Waals surface area (Å²) < 4.78 is 77.9. The summed E-state index contributed by atoms with van der Waals surface area (Å²) in [6.45, 7) is 3.52. The van der Waals surface area contributed by atoms with Gasteiger partial charge in [0.1, 0.15) is 146 Å². The molecule has 99 heavy (non-hydrogen) atoms. The number of aliphatic hydroxyl groups excluding tert-OH is 13. The van der Waals surface area contributed by atoms with Crippen molar-refractivity contribution in [1.29, 1.82) is 0 Å². The van der Waals surface area contributed by atoms with Crippen molar-refractivity contribution in [3.8, 4) is 5.75 Å². The third-order valence-corrected chi connectivity index (χ3v) is 17.8. The molecule has 6 aliphatic rings. The van der Waals surface area contributed by atoms with Crippen molar-refractivity contribution in [3.63, 3.8) is 0 Å². The van der Waals surface area contributed by atoms with Crippen molar-refractivity contribution < 1.29 is 152 Å². The summed E-state index contributed by atoms with van der Waals surface area (Å²) in [5.41, 5.74) is 0.0482. The van der Waals surface area contributed by atoms with Crippen molar-refractivity contribution in [3.05, 3.63) is 42.0 Å². The molecule has 6 heterocycles.